The lowest BCUT2D eigenvalue weighted by Gasteiger charge is -2.33. The number of carboxylic acid groups (broad SMARTS) is 1. The SMILES string of the molecule is CCCN1NC(=O)[C@@]2(CCCCC1=O)SC[C@@H]1NC(=O)N[C@@H]12.O=C(O)C(F)(F)F. The summed E-state index contributed by atoms with van der Waals surface area (Å²) in [6.07, 6.45) is -1.57. The van der Waals surface area contributed by atoms with Gasteiger partial charge >= 0.3 is 18.2 Å². The second kappa shape index (κ2) is 9.09. The van der Waals surface area contributed by atoms with Crippen molar-refractivity contribution in [1.29, 1.82) is 0 Å². The van der Waals surface area contributed by atoms with Gasteiger partial charge in [-0.3, -0.25) is 20.0 Å². The second-order valence-corrected chi connectivity index (χ2v) is 8.25. The Labute approximate surface area is 169 Å². The molecule has 0 saturated carbocycles. The van der Waals surface area contributed by atoms with Crippen molar-refractivity contribution in [3.63, 3.8) is 0 Å². The van der Waals surface area contributed by atoms with Crippen LogP contribution in [0.5, 0.6) is 0 Å². The minimum absolute atomic E-state index is 0.0145. The van der Waals surface area contributed by atoms with Crippen LogP contribution in [-0.4, -0.2) is 69.2 Å². The van der Waals surface area contributed by atoms with Gasteiger partial charge in [0.1, 0.15) is 4.75 Å². The molecule has 164 valence electrons. The number of carbonyl (C=O) groups excluding carboxylic acids is 3. The number of thioether (sulfide) groups is 1. The fourth-order valence-corrected chi connectivity index (χ4v) is 5.09. The highest BCUT2D eigenvalue weighted by Gasteiger charge is 2.58. The number of carboxylic acids is 1. The number of hydrogen-bond donors (Lipinski definition) is 4. The van der Waals surface area contributed by atoms with E-state index < -0.39 is 16.9 Å². The zero-order valence-corrected chi connectivity index (χ0v) is 16.5. The van der Waals surface area contributed by atoms with Gasteiger partial charge in [0.15, 0.2) is 0 Å². The molecule has 0 bridgehead atoms. The molecular weight excluding hydrogens is 417 g/mol. The lowest BCUT2D eigenvalue weighted by Crippen LogP contribution is -2.59. The third-order valence-corrected chi connectivity index (χ3v) is 6.51. The number of fused-ring (bicyclic) bond motifs is 2. The van der Waals surface area contributed by atoms with Gasteiger partial charge in [0.25, 0.3) is 5.91 Å². The molecule has 4 N–H and O–H groups in total. The lowest BCUT2D eigenvalue weighted by atomic mass is 9.89. The first-order valence-electron chi connectivity index (χ1n) is 9.14. The summed E-state index contributed by atoms with van der Waals surface area (Å²) in [5.74, 6) is -2.22. The van der Waals surface area contributed by atoms with Gasteiger partial charge in [0.05, 0.1) is 12.1 Å². The van der Waals surface area contributed by atoms with Crippen LogP contribution in [0.15, 0.2) is 0 Å². The van der Waals surface area contributed by atoms with Crippen molar-refractivity contribution >= 4 is 35.6 Å². The number of urea groups is 1. The number of nitrogens with one attached hydrogen (secondary N) is 3. The molecular formula is C16H23F3N4O5S. The number of carbonyl (C=O) groups is 4. The lowest BCUT2D eigenvalue weighted by molar-refractivity contribution is -0.192. The number of hydrogen-bond acceptors (Lipinski definition) is 5. The molecule has 1 spiro atoms. The van der Waals surface area contributed by atoms with Crippen molar-refractivity contribution in [3.8, 4) is 0 Å². The Bertz CT molecular complexity index is 677. The molecule has 0 aromatic heterocycles. The van der Waals surface area contributed by atoms with Crippen LogP contribution in [0.4, 0.5) is 18.0 Å². The fraction of sp³-hybridized carbons (Fsp3) is 0.750. The summed E-state index contributed by atoms with van der Waals surface area (Å²) in [6, 6.07) is -0.426. The molecule has 4 amide bonds. The van der Waals surface area contributed by atoms with Crippen molar-refractivity contribution in [2.24, 2.45) is 0 Å². The molecule has 3 saturated heterocycles. The molecule has 3 rings (SSSR count). The van der Waals surface area contributed by atoms with Crippen LogP contribution in [0.25, 0.3) is 0 Å². The Kier molecular flexibility index (Phi) is 7.25. The molecule has 0 aromatic carbocycles. The van der Waals surface area contributed by atoms with E-state index in [1.54, 1.807) is 11.8 Å². The smallest absolute Gasteiger partial charge is 0.475 e. The number of aliphatic carboxylic acids is 1. The summed E-state index contributed by atoms with van der Waals surface area (Å²) in [6.45, 7) is 2.49. The highest BCUT2D eigenvalue weighted by atomic mass is 32.2. The molecule has 3 aliphatic rings. The number of nitrogens with zero attached hydrogens (tertiary/aromatic N) is 1. The van der Waals surface area contributed by atoms with Crippen molar-refractivity contribution < 1.29 is 37.5 Å². The van der Waals surface area contributed by atoms with Gasteiger partial charge in [-0.2, -0.15) is 13.2 Å². The summed E-state index contributed by atoms with van der Waals surface area (Å²) in [4.78, 5) is 45.6. The van der Waals surface area contributed by atoms with E-state index in [0.717, 1.165) is 25.0 Å². The van der Waals surface area contributed by atoms with Crippen molar-refractivity contribution in [3.05, 3.63) is 0 Å². The Hall–Kier alpha value is -2.18. The van der Waals surface area contributed by atoms with Gasteiger partial charge in [-0.05, 0) is 19.3 Å². The van der Waals surface area contributed by atoms with Crippen LogP contribution in [0.1, 0.15) is 39.0 Å². The van der Waals surface area contributed by atoms with E-state index in [4.69, 9.17) is 9.90 Å². The van der Waals surface area contributed by atoms with Gasteiger partial charge in [-0.1, -0.05) is 13.3 Å². The monoisotopic (exact) mass is 440 g/mol. The Morgan fingerprint density at radius 2 is 1.93 bits per heavy atom. The van der Waals surface area contributed by atoms with Gasteiger partial charge in [-0.25, -0.2) is 9.59 Å². The zero-order chi connectivity index (χ0) is 21.8. The topological polar surface area (TPSA) is 128 Å². The fourth-order valence-electron chi connectivity index (χ4n) is 3.47. The zero-order valence-electron chi connectivity index (χ0n) is 15.7. The first kappa shape index (κ1) is 23.1. The Morgan fingerprint density at radius 3 is 2.52 bits per heavy atom. The van der Waals surface area contributed by atoms with E-state index in [9.17, 15) is 27.6 Å². The number of halogens is 3. The van der Waals surface area contributed by atoms with Gasteiger partial charge in [0, 0.05) is 18.7 Å². The molecule has 0 aromatic rings. The molecule has 0 radical (unpaired) electrons. The molecule has 29 heavy (non-hydrogen) atoms. The van der Waals surface area contributed by atoms with Crippen molar-refractivity contribution in [2.45, 2.75) is 62.0 Å². The maximum absolute atomic E-state index is 12.9. The first-order chi connectivity index (χ1) is 13.5. The third kappa shape index (κ3) is 5.25. The predicted molar refractivity (Wildman–Crippen MR) is 96.7 cm³/mol. The number of rotatable bonds is 2. The van der Waals surface area contributed by atoms with E-state index >= 15 is 0 Å². The molecule has 0 unspecified atom stereocenters. The molecule has 13 heteroatoms. The van der Waals surface area contributed by atoms with E-state index in [2.05, 4.69) is 16.1 Å². The highest BCUT2D eigenvalue weighted by Crippen LogP contribution is 2.44. The number of amides is 4. The van der Waals surface area contributed by atoms with Crippen LogP contribution in [0, 0.1) is 0 Å². The van der Waals surface area contributed by atoms with Crippen molar-refractivity contribution in [2.75, 3.05) is 12.3 Å². The summed E-state index contributed by atoms with van der Waals surface area (Å²) in [5, 5.41) is 14.3. The summed E-state index contributed by atoms with van der Waals surface area (Å²) in [5.41, 5.74) is 2.81. The molecule has 9 nitrogen and oxygen atoms in total. The highest BCUT2D eigenvalue weighted by molar-refractivity contribution is 8.01. The number of alkyl halides is 3. The Balaban J connectivity index is 0.000000370. The van der Waals surface area contributed by atoms with Gasteiger partial charge < -0.3 is 15.7 Å². The minimum Gasteiger partial charge on any atom is -0.475 e. The molecule has 3 atom stereocenters. The van der Waals surface area contributed by atoms with Gasteiger partial charge in [-0.15, -0.1) is 11.8 Å². The number of hydrazine groups is 1. The summed E-state index contributed by atoms with van der Waals surface area (Å²) < 4.78 is 31.1. The second-order valence-electron chi connectivity index (χ2n) is 6.90. The first-order valence-corrected chi connectivity index (χ1v) is 10.1. The quantitative estimate of drug-likeness (QED) is 0.475. The molecule has 3 fully saturated rings. The largest absolute Gasteiger partial charge is 0.490 e. The molecule has 0 aliphatic carbocycles. The average molecular weight is 440 g/mol. The van der Waals surface area contributed by atoms with E-state index in [1.165, 1.54) is 5.01 Å². The molecule has 3 heterocycles. The van der Waals surface area contributed by atoms with E-state index in [-0.39, 0.29) is 29.9 Å². The van der Waals surface area contributed by atoms with Crippen molar-refractivity contribution in [1.82, 2.24) is 21.1 Å². The third-order valence-electron chi connectivity index (χ3n) is 4.83. The summed E-state index contributed by atoms with van der Waals surface area (Å²) in [7, 11) is 0. The van der Waals surface area contributed by atoms with Crippen LogP contribution in [-0.2, 0) is 14.4 Å². The van der Waals surface area contributed by atoms with E-state index in [1.807, 2.05) is 6.92 Å². The summed E-state index contributed by atoms with van der Waals surface area (Å²) >= 11 is 1.59. The minimum atomic E-state index is -5.08. The Morgan fingerprint density at radius 1 is 1.28 bits per heavy atom. The average Bonchev–Trinajstić information content (AvgIpc) is 3.16. The van der Waals surface area contributed by atoms with Gasteiger partial charge in [0.2, 0.25) is 5.91 Å². The van der Waals surface area contributed by atoms with Crippen LogP contribution < -0.4 is 16.1 Å². The predicted octanol–water partition coefficient (Wildman–Crippen LogP) is 0.999. The van der Waals surface area contributed by atoms with Crippen LogP contribution >= 0.6 is 11.8 Å². The van der Waals surface area contributed by atoms with E-state index in [0.29, 0.717) is 19.4 Å². The maximum atomic E-state index is 12.9. The molecule has 3 aliphatic heterocycles. The standard InChI is InChI=1S/C14H22N4O3S.C2HF3O2/c1-2-7-18-10(19)5-3-4-6-14(12(20)17-18)11-9(8-22-14)15-13(21)16-11;3-2(4,5)1(6)7/h9,11H,2-8H2,1H3,(H,17,20)(H2,15,16,21);(H,6,7)/t9-,11-,14-;/m0./s1. The van der Waals surface area contributed by atoms with Crippen LogP contribution in [0.3, 0.4) is 0 Å². The van der Waals surface area contributed by atoms with Crippen LogP contribution in [0.2, 0.25) is 0 Å². The maximum Gasteiger partial charge on any atom is 0.490 e. The normalized spacial score (nSPS) is 29.5.